The van der Waals surface area contributed by atoms with Gasteiger partial charge in [0, 0.05) is 6.04 Å². The minimum absolute atomic E-state index is 0.0434. The normalized spacial score (nSPS) is 20.0. The number of hydrogen-bond donors (Lipinski definition) is 2. The van der Waals surface area contributed by atoms with Gasteiger partial charge in [-0.1, -0.05) is 36.8 Å². The van der Waals surface area contributed by atoms with E-state index in [9.17, 15) is 14.4 Å². The first-order valence-electron chi connectivity index (χ1n) is 8.88. The van der Waals surface area contributed by atoms with Gasteiger partial charge >= 0.3 is 6.03 Å². The van der Waals surface area contributed by atoms with Crippen LogP contribution in [-0.4, -0.2) is 53.9 Å². The Hall–Kier alpha value is -2.41. The lowest BCUT2D eigenvalue weighted by Gasteiger charge is -2.27. The quantitative estimate of drug-likeness (QED) is 0.723. The number of rotatable bonds is 7. The van der Waals surface area contributed by atoms with Crippen LogP contribution in [0.25, 0.3) is 0 Å². The highest BCUT2D eigenvalue weighted by Crippen LogP contribution is 2.32. The predicted octanol–water partition coefficient (Wildman–Crippen LogP) is 1.57. The Balaban J connectivity index is 2.14. The summed E-state index contributed by atoms with van der Waals surface area (Å²) < 4.78 is 0. The first-order chi connectivity index (χ1) is 12.2. The summed E-state index contributed by atoms with van der Waals surface area (Å²) in [5, 5.41) is 5.65. The topological polar surface area (TPSA) is 81.8 Å². The van der Waals surface area contributed by atoms with Crippen molar-refractivity contribution in [3.05, 3.63) is 35.4 Å². The Morgan fingerprint density at radius 2 is 1.88 bits per heavy atom. The van der Waals surface area contributed by atoms with E-state index in [1.807, 2.05) is 52.0 Å². The van der Waals surface area contributed by atoms with Crippen molar-refractivity contribution in [2.24, 2.45) is 0 Å². The van der Waals surface area contributed by atoms with Crippen molar-refractivity contribution >= 4 is 17.8 Å². The van der Waals surface area contributed by atoms with Crippen LogP contribution in [0.5, 0.6) is 0 Å². The van der Waals surface area contributed by atoms with Crippen molar-refractivity contribution < 1.29 is 14.4 Å². The fraction of sp³-hybridized carbons (Fsp3) is 0.526. The van der Waals surface area contributed by atoms with Gasteiger partial charge in [0.1, 0.15) is 5.54 Å². The number of likely N-dealkylation sites (N-methyl/N-ethyl adjacent to an activating group) is 1. The van der Waals surface area contributed by atoms with Gasteiger partial charge in [-0.2, -0.15) is 0 Å². The monoisotopic (exact) mass is 360 g/mol. The molecular formula is C19H28N4O3. The summed E-state index contributed by atoms with van der Waals surface area (Å²) in [5.74, 6) is -0.431. The molecule has 1 aliphatic heterocycles. The van der Waals surface area contributed by atoms with Crippen LogP contribution in [0, 0.1) is 6.92 Å². The van der Waals surface area contributed by atoms with Crippen LogP contribution in [0.4, 0.5) is 4.79 Å². The zero-order chi connectivity index (χ0) is 19.5. The number of benzene rings is 1. The van der Waals surface area contributed by atoms with Crippen LogP contribution in [0.1, 0.15) is 38.3 Å². The highest BCUT2D eigenvalue weighted by atomic mass is 16.2. The number of urea groups is 1. The molecule has 2 rings (SSSR count). The molecule has 2 N–H and O–H groups in total. The zero-order valence-corrected chi connectivity index (χ0v) is 16.1. The summed E-state index contributed by atoms with van der Waals surface area (Å²) in [6.07, 6.45) is 0.453. The summed E-state index contributed by atoms with van der Waals surface area (Å²) in [7, 11) is 1.71. The molecule has 7 heteroatoms. The number of carbonyl (C=O) groups excluding carboxylic acids is 3. The van der Waals surface area contributed by atoms with Gasteiger partial charge in [0.15, 0.2) is 0 Å². The molecule has 1 fully saturated rings. The first kappa shape index (κ1) is 19.9. The summed E-state index contributed by atoms with van der Waals surface area (Å²) in [4.78, 5) is 40.2. The molecule has 1 saturated heterocycles. The number of imide groups is 1. The fourth-order valence-electron chi connectivity index (χ4n) is 3.14. The summed E-state index contributed by atoms with van der Waals surface area (Å²) in [6, 6.07) is 7.21. The molecule has 1 aromatic carbocycles. The van der Waals surface area contributed by atoms with E-state index in [-0.39, 0.29) is 31.1 Å². The standard InChI is InChI=1S/C19H28N4O3/c1-6-19(15-9-7-14(4)8-10-15)17(25)23(18(26)21-19)12-22(5)11-16(24)20-13(2)3/h7-10,13H,6,11-12H2,1-5H3,(H,20,24)(H,21,26)/t19-/m0/s1. The molecule has 0 bridgehead atoms. The summed E-state index contributed by atoms with van der Waals surface area (Å²) in [6.45, 7) is 7.78. The van der Waals surface area contributed by atoms with Gasteiger partial charge < -0.3 is 10.6 Å². The highest BCUT2D eigenvalue weighted by molar-refractivity contribution is 6.07. The van der Waals surface area contributed by atoms with Crippen molar-refractivity contribution in [1.29, 1.82) is 0 Å². The fourth-order valence-corrected chi connectivity index (χ4v) is 3.14. The average molecular weight is 360 g/mol. The van der Waals surface area contributed by atoms with E-state index in [1.165, 1.54) is 4.90 Å². The van der Waals surface area contributed by atoms with E-state index in [0.29, 0.717) is 6.42 Å². The van der Waals surface area contributed by atoms with E-state index in [4.69, 9.17) is 0 Å². The molecule has 1 aromatic rings. The Morgan fingerprint density at radius 1 is 1.27 bits per heavy atom. The third-order valence-corrected chi connectivity index (χ3v) is 4.50. The zero-order valence-electron chi connectivity index (χ0n) is 16.1. The lowest BCUT2D eigenvalue weighted by atomic mass is 9.87. The lowest BCUT2D eigenvalue weighted by Crippen LogP contribution is -2.46. The Labute approximate surface area is 154 Å². The molecule has 0 saturated carbocycles. The van der Waals surface area contributed by atoms with Gasteiger partial charge in [-0.25, -0.2) is 9.69 Å². The van der Waals surface area contributed by atoms with Crippen molar-refractivity contribution in [3.63, 3.8) is 0 Å². The number of carbonyl (C=O) groups is 3. The molecule has 0 spiro atoms. The van der Waals surface area contributed by atoms with Gasteiger partial charge in [-0.3, -0.25) is 14.5 Å². The smallest absolute Gasteiger partial charge is 0.326 e. The van der Waals surface area contributed by atoms with Crippen LogP contribution >= 0.6 is 0 Å². The number of nitrogens with one attached hydrogen (secondary N) is 2. The number of aryl methyl sites for hydroxylation is 1. The molecule has 7 nitrogen and oxygen atoms in total. The number of amides is 4. The molecule has 1 aliphatic rings. The molecule has 0 unspecified atom stereocenters. The van der Waals surface area contributed by atoms with Crippen LogP contribution in [-0.2, 0) is 15.1 Å². The third-order valence-electron chi connectivity index (χ3n) is 4.50. The van der Waals surface area contributed by atoms with Crippen molar-refractivity contribution in [2.75, 3.05) is 20.3 Å². The van der Waals surface area contributed by atoms with Gasteiger partial charge in [-0.15, -0.1) is 0 Å². The largest absolute Gasteiger partial charge is 0.353 e. The lowest BCUT2D eigenvalue weighted by molar-refractivity contribution is -0.134. The van der Waals surface area contributed by atoms with Gasteiger partial charge in [0.25, 0.3) is 5.91 Å². The van der Waals surface area contributed by atoms with E-state index >= 15 is 0 Å². The van der Waals surface area contributed by atoms with Gasteiger partial charge in [0.2, 0.25) is 5.91 Å². The maximum Gasteiger partial charge on any atom is 0.326 e. The van der Waals surface area contributed by atoms with Crippen LogP contribution < -0.4 is 10.6 Å². The van der Waals surface area contributed by atoms with E-state index < -0.39 is 11.6 Å². The highest BCUT2D eigenvalue weighted by Gasteiger charge is 2.51. The number of nitrogens with zero attached hydrogens (tertiary/aromatic N) is 2. The van der Waals surface area contributed by atoms with Crippen molar-refractivity contribution in [2.45, 2.75) is 45.7 Å². The predicted molar refractivity (Wildman–Crippen MR) is 99.3 cm³/mol. The second kappa shape index (κ2) is 7.86. The molecule has 1 heterocycles. The first-order valence-corrected chi connectivity index (χ1v) is 8.88. The molecule has 1 atom stereocenters. The molecular weight excluding hydrogens is 332 g/mol. The second-order valence-corrected chi connectivity index (χ2v) is 7.17. The third kappa shape index (κ3) is 4.04. The van der Waals surface area contributed by atoms with E-state index in [0.717, 1.165) is 11.1 Å². The average Bonchev–Trinajstić information content (AvgIpc) is 2.79. The van der Waals surface area contributed by atoms with Crippen LogP contribution in [0.15, 0.2) is 24.3 Å². The molecule has 26 heavy (non-hydrogen) atoms. The SMILES string of the molecule is CC[C@@]1(c2ccc(C)cc2)NC(=O)N(CN(C)CC(=O)NC(C)C)C1=O. The Kier molecular flexibility index (Phi) is 6.02. The van der Waals surface area contributed by atoms with Gasteiger partial charge in [-0.05, 0) is 39.8 Å². The molecule has 142 valence electrons. The van der Waals surface area contributed by atoms with Crippen molar-refractivity contribution in [1.82, 2.24) is 20.4 Å². The molecule has 0 radical (unpaired) electrons. The number of hydrogen-bond acceptors (Lipinski definition) is 4. The minimum Gasteiger partial charge on any atom is -0.353 e. The molecule has 4 amide bonds. The van der Waals surface area contributed by atoms with E-state index in [2.05, 4.69) is 10.6 Å². The maximum absolute atomic E-state index is 13.1. The Morgan fingerprint density at radius 3 is 2.42 bits per heavy atom. The molecule has 0 aliphatic carbocycles. The second-order valence-electron chi connectivity index (χ2n) is 7.17. The summed E-state index contributed by atoms with van der Waals surface area (Å²) >= 11 is 0. The Bertz CT molecular complexity index is 687. The van der Waals surface area contributed by atoms with Gasteiger partial charge in [0.05, 0.1) is 13.2 Å². The van der Waals surface area contributed by atoms with E-state index in [1.54, 1.807) is 11.9 Å². The molecule has 0 aromatic heterocycles. The van der Waals surface area contributed by atoms with Crippen LogP contribution in [0.3, 0.4) is 0 Å². The van der Waals surface area contributed by atoms with Crippen molar-refractivity contribution in [3.8, 4) is 0 Å². The summed E-state index contributed by atoms with van der Waals surface area (Å²) in [5.41, 5.74) is 0.808. The maximum atomic E-state index is 13.1. The van der Waals surface area contributed by atoms with Crippen LogP contribution in [0.2, 0.25) is 0 Å². The minimum atomic E-state index is -1.05.